The molecule has 0 fully saturated rings. The number of methoxy groups -OCH3 is 1. The van der Waals surface area contributed by atoms with Crippen LogP contribution >= 0.6 is 15.9 Å². The first kappa shape index (κ1) is 11.2. The molecule has 0 saturated heterocycles. The van der Waals surface area contributed by atoms with Crippen LogP contribution in [-0.2, 0) is 0 Å². The molecule has 0 N–H and O–H groups in total. The Balaban J connectivity index is 2.98. The number of hydrogen-bond donors (Lipinski definition) is 0. The molecule has 1 rings (SSSR count). The van der Waals surface area contributed by atoms with Crippen LogP contribution in [0.3, 0.4) is 0 Å². The average molecular weight is 260 g/mol. The number of anilines is 1. The molecule has 1 aromatic heterocycles. The van der Waals surface area contributed by atoms with Gasteiger partial charge in [0.2, 0.25) is 11.8 Å². The van der Waals surface area contributed by atoms with Crippen molar-refractivity contribution in [3.8, 4) is 5.88 Å². The first-order valence-corrected chi connectivity index (χ1v) is 5.33. The van der Waals surface area contributed by atoms with Gasteiger partial charge in [0.1, 0.15) is 0 Å². The predicted octanol–water partition coefficient (Wildman–Crippen LogP) is 2.09. The average Bonchev–Trinajstić information content (AvgIpc) is 2.22. The van der Waals surface area contributed by atoms with Gasteiger partial charge in [0, 0.05) is 13.1 Å². The third-order valence-corrected chi connectivity index (χ3v) is 2.48. The van der Waals surface area contributed by atoms with E-state index in [0.29, 0.717) is 11.8 Å². The maximum Gasteiger partial charge on any atom is 0.232 e. The van der Waals surface area contributed by atoms with E-state index < -0.39 is 0 Å². The Hall–Kier alpha value is -0.840. The third-order valence-electron chi connectivity index (χ3n) is 1.94. The first-order valence-electron chi connectivity index (χ1n) is 4.54. The second-order valence-electron chi connectivity index (χ2n) is 2.70. The van der Waals surface area contributed by atoms with Gasteiger partial charge in [0.25, 0.3) is 0 Å². The van der Waals surface area contributed by atoms with E-state index in [4.69, 9.17) is 4.74 Å². The lowest BCUT2D eigenvalue weighted by Crippen LogP contribution is -2.24. The van der Waals surface area contributed by atoms with Crippen LogP contribution < -0.4 is 9.64 Å². The van der Waals surface area contributed by atoms with Crippen LogP contribution in [0.5, 0.6) is 5.88 Å². The molecule has 4 nitrogen and oxygen atoms in total. The van der Waals surface area contributed by atoms with Crippen molar-refractivity contribution in [2.75, 3.05) is 25.1 Å². The minimum absolute atomic E-state index is 0.571. The maximum absolute atomic E-state index is 5.10. The summed E-state index contributed by atoms with van der Waals surface area (Å²) in [6, 6.07) is 0. The largest absolute Gasteiger partial charge is 0.480 e. The highest BCUT2D eigenvalue weighted by molar-refractivity contribution is 9.10. The van der Waals surface area contributed by atoms with Crippen molar-refractivity contribution in [2.24, 2.45) is 0 Å². The molecular formula is C9H14BrN3O. The van der Waals surface area contributed by atoms with Crippen molar-refractivity contribution >= 4 is 21.9 Å². The fourth-order valence-electron chi connectivity index (χ4n) is 1.14. The second kappa shape index (κ2) is 5.14. The van der Waals surface area contributed by atoms with Crippen molar-refractivity contribution < 1.29 is 4.74 Å². The van der Waals surface area contributed by atoms with Gasteiger partial charge < -0.3 is 9.64 Å². The molecule has 5 heteroatoms. The molecule has 1 aromatic rings. The zero-order valence-corrected chi connectivity index (χ0v) is 10.2. The van der Waals surface area contributed by atoms with E-state index in [-0.39, 0.29) is 0 Å². The number of ether oxygens (including phenoxy) is 1. The highest BCUT2D eigenvalue weighted by Gasteiger charge is 2.09. The van der Waals surface area contributed by atoms with E-state index in [0.717, 1.165) is 17.6 Å². The fraction of sp³-hybridized carbons (Fsp3) is 0.556. The van der Waals surface area contributed by atoms with Crippen molar-refractivity contribution in [3.05, 3.63) is 10.7 Å². The number of aromatic nitrogens is 2. The molecule has 0 radical (unpaired) electrons. The summed E-state index contributed by atoms with van der Waals surface area (Å²) < 4.78 is 5.87. The summed E-state index contributed by atoms with van der Waals surface area (Å²) in [5, 5.41) is 0. The Morgan fingerprint density at radius 1 is 1.43 bits per heavy atom. The van der Waals surface area contributed by atoms with Gasteiger partial charge in [-0.25, -0.2) is 4.98 Å². The third kappa shape index (κ3) is 2.35. The Morgan fingerprint density at radius 3 is 2.57 bits per heavy atom. The number of nitrogens with zero attached hydrogens (tertiary/aromatic N) is 3. The van der Waals surface area contributed by atoms with E-state index in [1.165, 1.54) is 0 Å². The van der Waals surface area contributed by atoms with Crippen molar-refractivity contribution in [2.45, 2.75) is 13.8 Å². The van der Waals surface area contributed by atoms with Crippen LogP contribution in [0.4, 0.5) is 5.95 Å². The van der Waals surface area contributed by atoms with Crippen LogP contribution in [0.2, 0.25) is 0 Å². The Labute approximate surface area is 92.4 Å². The number of rotatable bonds is 4. The Morgan fingerprint density at radius 2 is 2.07 bits per heavy atom. The van der Waals surface area contributed by atoms with Gasteiger partial charge in [-0.15, -0.1) is 0 Å². The molecule has 0 aromatic carbocycles. The summed E-state index contributed by atoms with van der Waals surface area (Å²) in [5.41, 5.74) is 0. The minimum atomic E-state index is 0.571. The molecule has 0 aliphatic rings. The molecule has 0 saturated carbocycles. The van der Waals surface area contributed by atoms with Crippen LogP contribution in [0.15, 0.2) is 10.7 Å². The SMILES string of the molecule is CCN(CC)c1ncc(Br)c(OC)n1. The molecule has 0 unspecified atom stereocenters. The summed E-state index contributed by atoms with van der Waals surface area (Å²) in [5.74, 6) is 1.27. The molecule has 0 atom stereocenters. The van der Waals surface area contributed by atoms with Gasteiger partial charge in [-0.1, -0.05) is 0 Å². The smallest absolute Gasteiger partial charge is 0.232 e. The van der Waals surface area contributed by atoms with E-state index in [1.807, 2.05) is 0 Å². The number of halogens is 1. The van der Waals surface area contributed by atoms with Gasteiger partial charge in [-0.2, -0.15) is 4.98 Å². The lowest BCUT2D eigenvalue weighted by molar-refractivity contribution is 0.394. The standard InChI is InChI=1S/C9H14BrN3O/c1-4-13(5-2)9-11-6-7(10)8(12-9)14-3/h6H,4-5H2,1-3H3. The predicted molar refractivity (Wildman–Crippen MR) is 59.8 cm³/mol. The van der Waals surface area contributed by atoms with E-state index >= 15 is 0 Å². The van der Waals surface area contributed by atoms with Crippen LogP contribution in [0.25, 0.3) is 0 Å². The molecule has 0 aliphatic heterocycles. The topological polar surface area (TPSA) is 38.2 Å². The van der Waals surface area contributed by atoms with Crippen LogP contribution in [-0.4, -0.2) is 30.2 Å². The van der Waals surface area contributed by atoms with E-state index in [2.05, 4.69) is 44.6 Å². The normalized spacial score (nSPS) is 10.0. The molecular weight excluding hydrogens is 246 g/mol. The van der Waals surface area contributed by atoms with Gasteiger partial charge in [0.15, 0.2) is 0 Å². The maximum atomic E-state index is 5.10. The van der Waals surface area contributed by atoms with Gasteiger partial charge in [0.05, 0.1) is 17.8 Å². The summed E-state index contributed by atoms with van der Waals surface area (Å²) in [4.78, 5) is 10.6. The lowest BCUT2D eigenvalue weighted by Gasteiger charge is -2.18. The quantitative estimate of drug-likeness (QED) is 0.830. The van der Waals surface area contributed by atoms with Crippen molar-refractivity contribution in [3.63, 3.8) is 0 Å². The van der Waals surface area contributed by atoms with Gasteiger partial charge >= 0.3 is 0 Å². The molecule has 78 valence electrons. The zero-order valence-electron chi connectivity index (χ0n) is 8.62. The molecule has 0 amide bonds. The van der Waals surface area contributed by atoms with E-state index in [1.54, 1.807) is 13.3 Å². The molecule has 1 heterocycles. The fourth-order valence-corrected chi connectivity index (χ4v) is 1.50. The summed E-state index contributed by atoms with van der Waals surface area (Å²) >= 11 is 3.32. The van der Waals surface area contributed by atoms with Gasteiger partial charge in [-0.05, 0) is 29.8 Å². The summed E-state index contributed by atoms with van der Waals surface area (Å²) in [7, 11) is 1.60. The lowest BCUT2D eigenvalue weighted by atomic mass is 10.5. The second-order valence-corrected chi connectivity index (χ2v) is 3.55. The Kier molecular flexibility index (Phi) is 4.13. The highest BCUT2D eigenvalue weighted by Crippen LogP contribution is 2.23. The molecule has 0 bridgehead atoms. The summed E-state index contributed by atoms with van der Waals surface area (Å²) in [6.07, 6.45) is 1.71. The highest BCUT2D eigenvalue weighted by atomic mass is 79.9. The van der Waals surface area contributed by atoms with E-state index in [9.17, 15) is 0 Å². The number of hydrogen-bond acceptors (Lipinski definition) is 4. The van der Waals surface area contributed by atoms with Gasteiger partial charge in [-0.3, -0.25) is 0 Å². The molecule has 0 spiro atoms. The van der Waals surface area contributed by atoms with Crippen LogP contribution in [0.1, 0.15) is 13.8 Å². The van der Waals surface area contributed by atoms with Crippen LogP contribution in [0, 0.1) is 0 Å². The molecule has 0 aliphatic carbocycles. The van der Waals surface area contributed by atoms with Crippen molar-refractivity contribution in [1.29, 1.82) is 0 Å². The minimum Gasteiger partial charge on any atom is -0.480 e. The molecule has 14 heavy (non-hydrogen) atoms. The first-order chi connectivity index (χ1) is 6.72. The van der Waals surface area contributed by atoms with Crippen molar-refractivity contribution in [1.82, 2.24) is 9.97 Å². The Bertz CT molecular complexity index is 302. The monoisotopic (exact) mass is 259 g/mol. The summed E-state index contributed by atoms with van der Waals surface area (Å²) in [6.45, 7) is 5.92. The zero-order chi connectivity index (χ0) is 10.6.